The molecule has 0 aliphatic carbocycles. The number of nitrogens with one attached hydrogen (secondary N) is 1. The van der Waals surface area contributed by atoms with E-state index in [1.807, 2.05) is 45.1 Å². The van der Waals surface area contributed by atoms with Crippen molar-refractivity contribution in [2.75, 3.05) is 19.8 Å². The Kier molecular flexibility index (Phi) is 10.9. The first kappa shape index (κ1) is 17.7. The average molecular weight is 264 g/mol. The van der Waals surface area contributed by atoms with Gasteiger partial charge in [0.25, 0.3) is 0 Å². The summed E-state index contributed by atoms with van der Waals surface area (Å²) in [4.78, 5) is 0. The summed E-state index contributed by atoms with van der Waals surface area (Å²) in [6.07, 6.45) is 10.5. The second-order valence-electron chi connectivity index (χ2n) is 4.05. The molecule has 1 saturated heterocycles. The lowest BCUT2D eigenvalue weighted by molar-refractivity contribution is 0.0772. The molecule has 0 spiro atoms. The van der Waals surface area contributed by atoms with Gasteiger partial charge in [-0.05, 0) is 31.1 Å². The molecule has 0 amide bonds. The highest BCUT2D eigenvalue weighted by molar-refractivity contribution is 5.30. The van der Waals surface area contributed by atoms with E-state index in [1.165, 1.54) is 5.57 Å². The zero-order chi connectivity index (χ0) is 14.5. The Bertz CT molecular complexity index is 324. The van der Waals surface area contributed by atoms with Crippen LogP contribution in [-0.2, 0) is 4.74 Å². The molecule has 0 aromatic carbocycles. The van der Waals surface area contributed by atoms with Crippen molar-refractivity contribution >= 4 is 0 Å². The van der Waals surface area contributed by atoms with Gasteiger partial charge in [-0.3, -0.25) is 0 Å². The van der Waals surface area contributed by atoms with Crippen molar-refractivity contribution in [2.45, 2.75) is 33.2 Å². The fourth-order valence-corrected chi connectivity index (χ4v) is 1.82. The fraction of sp³-hybridized carbons (Fsp3) is 0.500. The molecule has 0 radical (unpaired) electrons. The summed E-state index contributed by atoms with van der Waals surface area (Å²) in [5.41, 5.74) is 7.79. The molecule has 0 saturated carbocycles. The normalized spacial score (nSPS) is 20.9. The number of nitrogens with two attached hydrogens (primary N) is 1. The quantitative estimate of drug-likeness (QED) is 0.751. The van der Waals surface area contributed by atoms with Crippen molar-refractivity contribution < 1.29 is 4.74 Å². The van der Waals surface area contributed by atoms with Gasteiger partial charge in [0.1, 0.15) is 0 Å². The summed E-state index contributed by atoms with van der Waals surface area (Å²) in [5.74, 6) is 0. The summed E-state index contributed by atoms with van der Waals surface area (Å²) in [6, 6.07) is 0.365. The fourth-order valence-electron chi connectivity index (χ4n) is 1.82. The van der Waals surface area contributed by atoms with Gasteiger partial charge in [-0.2, -0.15) is 0 Å². The Balaban J connectivity index is 0.00000154. The highest BCUT2D eigenvalue weighted by Gasteiger charge is 2.13. The molecule has 1 fully saturated rings. The minimum absolute atomic E-state index is 0.365. The van der Waals surface area contributed by atoms with Gasteiger partial charge in [-0.15, -0.1) is 0 Å². The first-order chi connectivity index (χ1) is 9.26. The second kappa shape index (κ2) is 11.8. The molecule has 0 bridgehead atoms. The van der Waals surface area contributed by atoms with E-state index in [1.54, 1.807) is 6.08 Å². The smallest absolute Gasteiger partial charge is 0.0623 e. The highest BCUT2D eigenvalue weighted by atomic mass is 16.5. The molecule has 1 aliphatic heterocycles. The van der Waals surface area contributed by atoms with E-state index in [0.29, 0.717) is 6.04 Å². The van der Waals surface area contributed by atoms with Crippen LogP contribution < -0.4 is 11.1 Å². The predicted octanol–water partition coefficient (Wildman–Crippen LogP) is 2.92. The van der Waals surface area contributed by atoms with Crippen LogP contribution in [0.3, 0.4) is 0 Å². The van der Waals surface area contributed by atoms with Gasteiger partial charge in [-0.25, -0.2) is 0 Å². The lowest BCUT2D eigenvalue weighted by Crippen LogP contribution is -2.41. The van der Waals surface area contributed by atoms with Crippen LogP contribution in [0.2, 0.25) is 0 Å². The van der Waals surface area contributed by atoms with Crippen molar-refractivity contribution in [1.29, 1.82) is 0 Å². The largest absolute Gasteiger partial charge is 0.399 e. The van der Waals surface area contributed by atoms with Gasteiger partial charge in [0.15, 0.2) is 0 Å². The lowest BCUT2D eigenvalue weighted by atomic mass is 10.0. The first-order valence-corrected chi connectivity index (χ1v) is 6.99. The van der Waals surface area contributed by atoms with Crippen molar-refractivity contribution in [2.24, 2.45) is 5.73 Å². The molecule has 19 heavy (non-hydrogen) atoms. The molecule has 3 nitrogen and oxygen atoms in total. The van der Waals surface area contributed by atoms with Crippen LogP contribution in [0.5, 0.6) is 0 Å². The zero-order valence-corrected chi connectivity index (χ0v) is 12.5. The van der Waals surface area contributed by atoms with Crippen LogP contribution >= 0.6 is 0 Å². The predicted molar refractivity (Wildman–Crippen MR) is 83.9 cm³/mol. The number of allylic oxidation sites excluding steroid dienone is 5. The van der Waals surface area contributed by atoms with Crippen molar-refractivity contribution in [3.8, 4) is 0 Å². The monoisotopic (exact) mass is 264 g/mol. The first-order valence-electron chi connectivity index (χ1n) is 6.99. The van der Waals surface area contributed by atoms with Crippen LogP contribution in [0.25, 0.3) is 0 Å². The van der Waals surface area contributed by atoms with Gasteiger partial charge in [0.05, 0.1) is 13.2 Å². The number of rotatable bonds is 5. The lowest BCUT2D eigenvalue weighted by Gasteiger charge is -2.24. The van der Waals surface area contributed by atoms with Gasteiger partial charge in [-0.1, -0.05) is 38.7 Å². The van der Waals surface area contributed by atoms with Crippen molar-refractivity contribution in [3.05, 3.63) is 48.2 Å². The summed E-state index contributed by atoms with van der Waals surface area (Å²) >= 11 is 0. The average Bonchev–Trinajstić information content (AvgIpc) is 2.42. The van der Waals surface area contributed by atoms with Gasteiger partial charge in [0, 0.05) is 18.3 Å². The van der Waals surface area contributed by atoms with E-state index in [4.69, 9.17) is 10.5 Å². The van der Waals surface area contributed by atoms with Crippen molar-refractivity contribution in [1.82, 2.24) is 5.32 Å². The summed E-state index contributed by atoms with van der Waals surface area (Å²) in [6.45, 7) is 12.2. The minimum atomic E-state index is 0.365. The van der Waals surface area contributed by atoms with Crippen LogP contribution in [0.4, 0.5) is 0 Å². The third-order valence-corrected chi connectivity index (χ3v) is 2.52. The van der Waals surface area contributed by atoms with E-state index in [-0.39, 0.29) is 0 Å². The molecule has 0 aromatic rings. The number of ether oxygens (including phenoxy) is 1. The van der Waals surface area contributed by atoms with Crippen LogP contribution in [0, 0.1) is 0 Å². The minimum Gasteiger partial charge on any atom is -0.399 e. The van der Waals surface area contributed by atoms with Crippen LogP contribution in [0.1, 0.15) is 27.2 Å². The standard InChI is InChI=1S/C14H22N2O.C2H6/c1-3-5-12(9-13(15)6-4-2)10-14-11-17-8-7-16-14;1-2/h3-6,9,14,16H,1,7-8,10-11,15H2,2H3;1-2H3/b6-4-,12-5+,13-9+;. The number of hydrogen-bond donors (Lipinski definition) is 2. The molecule has 1 aliphatic rings. The molecular formula is C16H28N2O. The third-order valence-electron chi connectivity index (χ3n) is 2.52. The Morgan fingerprint density at radius 2 is 2.21 bits per heavy atom. The van der Waals surface area contributed by atoms with Gasteiger partial charge >= 0.3 is 0 Å². The van der Waals surface area contributed by atoms with Crippen LogP contribution in [-0.4, -0.2) is 25.8 Å². The molecule has 1 rings (SSSR count). The maximum Gasteiger partial charge on any atom is 0.0623 e. The van der Waals surface area contributed by atoms with E-state index < -0.39 is 0 Å². The highest BCUT2D eigenvalue weighted by Crippen LogP contribution is 2.11. The summed E-state index contributed by atoms with van der Waals surface area (Å²) < 4.78 is 5.43. The SMILES string of the molecule is C=C\C=C(/C=C(N)\C=C/C)CC1COCCN1.CC. The second-order valence-corrected chi connectivity index (χ2v) is 4.05. The zero-order valence-electron chi connectivity index (χ0n) is 12.5. The van der Waals surface area contributed by atoms with Gasteiger partial charge in [0.2, 0.25) is 0 Å². The van der Waals surface area contributed by atoms with E-state index in [2.05, 4.69) is 11.9 Å². The summed E-state index contributed by atoms with van der Waals surface area (Å²) in [5, 5.41) is 3.42. The van der Waals surface area contributed by atoms with E-state index >= 15 is 0 Å². The maximum absolute atomic E-state index is 5.87. The maximum atomic E-state index is 5.87. The third kappa shape index (κ3) is 8.41. The molecule has 1 atom stereocenters. The molecular weight excluding hydrogens is 236 g/mol. The van der Waals surface area contributed by atoms with E-state index in [0.717, 1.165) is 31.9 Å². The Hall–Kier alpha value is -1.32. The molecule has 3 heteroatoms. The number of hydrogen-bond acceptors (Lipinski definition) is 3. The molecule has 1 heterocycles. The van der Waals surface area contributed by atoms with Crippen molar-refractivity contribution in [3.63, 3.8) is 0 Å². The molecule has 3 N–H and O–H groups in total. The Morgan fingerprint density at radius 1 is 1.47 bits per heavy atom. The van der Waals surface area contributed by atoms with Crippen LogP contribution in [0.15, 0.2) is 48.2 Å². The summed E-state index contributed by atoms with van der Waals surface area (Å²) in [7, 11) is 0. The number of morpholine rings is 1. The molecule has 108 valence electrons. The van der Waals surface area contributed by atoms with E-state index in [9.17, 15) is 0 Å². The Morgan fingerprint density at radius 3 is 2.74 bits per heavy atom. The Labute approximate surface area is 117 Å². The molecule has 0 aromatic heterocycles. The molecule has 1 unspecified atom stereocenters. The topological polar surface area (TPSA) is 47.3 Å². The van der Waals surface area contributed by atoms with Gasteiger partial charge < -0.3 is 15.8 Å².